The van der Waals surface area contributed by atoms with Crippen LogP contribution in [0.5, 0.6) is 0 Å². The highest BCUT2D eigenvalue weighted by molar-refractivity contribution is 7.11. The van der Waals surface area contributed by atoms with Crippen LogP contribution in [0.1, 0.15) is 22.7 Å². The number of halogens is 3. The lowest BCUT2D eigenvalue weighted by atomic mass is 10.2. The molecule has 1 N–H and O–H groups in total. The molecule has 0 bridgehead atoms. The van der Waals surface area contributed by atoms with Gasteiger partial charge in [-0.15, -0.1) is 11.3 Å². The molecule has 1 aromatic rings. The minimum absolute atomic E-state index is 0.410. The van der Waals surface area contributed by atoms with E-state index in [1.54, 1.807) is 0 Å². The molecule has 1 unspecified atom stereocenters. The van der Waals surface area contributed by atoms with Gasteiger partial charge in [0.2, 0.25) is 0 Å². The fourth-order valence-corrected chi connectivity index (χ4v) is 3.07. The molecule has 1 fully saturated rings. The first-order valence-electron chi connectivity index (χ1n) is 5.91. The molecule has 0 aromatic carbocycles. The van der Waals surface area contributed by atoms with Crippen LogP contribution in [0.25, 0.3) is 0 Å². The smallest absolute Gasteiger partial charge is 0.318 e. The van der Waals surface area contributed by atoms with Crippen LogP contribution in [-0.4, -0.2) is 36.1 Å². The standard InChI is InChI=1S/C11H16F3N3S/c1-15-5-8-3-2-4-17(8)7-10-16-6-9(18-10)11(12,13)14/h6,8,15H,2-5,7H2,1H3. The van der Waals surface area contributed by atoms with Gasteiger partial charge in [0, 0.05) is 12.6 Å². The highest BCUT2D eigenvalue weighted by Gasteiger charge is 2.34. The molecular formula is C11H16F3N3S. The quantitative estimate of drug-likeness (QED) is 0.917. The van der Waals surface area contributed by atoms with Crippen molar-refractivity contribution in [3.63, 3.8) is 0 Å². The van der Waals surface area contributed by atoms with Gasteiger partial charge in [-0.05, 0) is 26.4 Å². The van der Waals surface area contributed by atoms with Crippen molar-refractivity contribution in [3.8, 4) is 0 Å². The summed E-state index contributed by atoms with van der Waals surface area (Å²) in [6, 6.07) is 0.410. The number of nitrogens with zero attached hydrogens (tertiary/aromatic N) is 2. The zero-order valence-corrected chi connectivity index (χ0v) is 10.9. The molecule has 102 valence electrons. The van der Waals surface area contributed by atoms with E-state index in [2.05, 4.69) is 15.2 Å². The molecular weight excluding hydrogens is 263 g/mol. The number of rotatable bonds is 4. The fourth-order valence-electron chi connectivity index (χ4n) is 2.26. The van der Waals surface area contributed by atoms with E-state index in [1.807, 2.05) is 7.05 Å². The molecule has 1 atom stereocenters. The second-order valence-corrected chi connectivity index (χ2v) is 5.56. The lowest BCUT2D eigenvalue weighted by molar-refractivity contribution is -0.134. The van der Waals surface area contributed by atoms with Crippen LogP contribution in [-0.2, 0) is 12.7 Å². The SMILES string of the molecule is CNCC1CCCN1Cc1ncc(C(F)(F)F)s1. The highest BCUT2D eigenvalue weighted by Crippen LogP contribution is 2.34. The van der Waals surface area contributed by atoms with Crippen molar-refractivity contribution < 1.29 is 13.2 Å². The van der Waals surface area contributed by atoms with Crippen LogP contribution in [0.2, 0.25) is 0 Å². The maximum atomic E-state index is 12.5. The first kappa shape index (κ1) is 13.8. The summed E-state index contributed by atoms with van der Waals surface area (Å²) >= 11 is 0.749. The van der Waals surface area contributed by atoms with Crippen molar-refractivity contribution in [3.05, 3.63) is 16.1 Å². The Kier molecular flexibility index (Phi) is 4.24. The number of hydrogen-bond donors (Lipinski definition) is 1. The van der Waals surface area contributed by atoms with Crippen molar-refractivity contribution in [1.29, 1.82) is 0 Å². The fraction of sp³-hybridized carbons (Fsp3) is 0.727. The van der Waals surface area contributed by atoms with Gasteiger partial charge < -0.3 is 5.32 Å². The number of nitrogens with one attached hydrogen (secondary N) is 1. The van der Waals surface area contributed by atoms with E-state index in [0.717, 1.165) is 43.5 Å². The minimum atomic E-state index is -4.27. The van der Waals surface area contributed by atoms with E-state index >= 15 is 0 Å². The Balaban J connectivity index is 1.99. The monoisotopic (exact) mass is 279 g/mol. The van der Waals surface area contributed by atoms with E-state index in [4.69, 9.17) is 0 Å². The van der Waals surface area contributed by atoms with Crippen LogP contribution < -0.4 is 5.32 Å². The number of aromatic nitrogens is 1. The van der Waals surface area contributed by atoms with Crippen LogP contribution in [0.3, 0.4) is 0 Å². The number of hydrogen-bond acceptors (Lipinski definition) is 4. The molecule has 1 aliphatic heterocycles. The van der Waals surface area contributed by atoms with Gasteiger partial charge in [-0.2, -0.15) is 13.2 Å². The summed E-state index contributed by atoms with van der Waals surface area (Å²) in [4.78, 5) is 5.47. The van der Waals surface area contributed by atoms with Crippen molar-refractivity contribution >= 4 is 11.3 Å². The molecule has 1 aromatic heterocycles. The molecule has 1 saturated heterocycles. The molecule has 0 saturated carbocycles. The average molecular weight is 279 g/mol. The summed E-state index contributed by atoms with van der Waals surface area (Å²) in [5, 5.41) is 3.66. The Hall–Kier alpha value is -0.660. The zero-order chi connectivity index (χ0) is 13.2. The Morgan fingerprint density at radius 3 is 2.94 bits per heavy atom. The Morgan fingerprint density at radius 2 is 2.33 bits per heavy atom. The van der Waals surface area contributed by atoms with Gasteiger partial charge in [-0.25, -0.2) is 4.98 Å². The summed E-state index contributed by atoms with van der Waals surface area (Å²) in [6.07, 6.45) is -1.14. The average Bonchev–Trinajstić information content (AvgIpc) is 2.89. The topological polar surface area (TPSA) is 28.2 Å². The highest BCUT2D eigenvalue weighted by atomic mass is 32.1. The summed E-state index contributed by atoms with van der Waals surface area (Å²) in [5.74, 6) is 0. The van der Waals surface area contributed by atoms with Crippen molar-refractivity contribution in [2.75, 3.05) is 20.1 Å². The molecule has 0 aliphatic carbocycles. The molecule has 1 aliphatic rings. The Morgan fingerprint density at radius 1 is 1.56 bits per heavy atom. The summed E-state index contributed by atoms with van der Waals surface area (Å²) in [7, 11) is 1.89. The van der Waals surface area contributed by atoms with Gasteiger partial charge in [-0.3, -0.25) is 4.90 Å². The van der Waals surface area contributed by atoms with Gasteiger partial charge >= 0.3 is 6.18 Å². The van der Waals surface area contributed by atoms with E-state index in [-0.39, 0.29) is 0 Å². The van der Waals surface area contributed by atoms with Crippen LogP contribution in [0.15, 0.2) is 6.20 Å². The maximum Gasteiger partial charge on any atom is 0.427 e. The lowest BCUT2D eigenvalue weighted by Crippen LogP contribution is -2.36. The van der Waals surface area contributed by atoms with Gasteiger partial charge in [0.25, 0.3) is 0 Å². The third-order valence-corrected chi connectivity index (χ3v) is 4.14. The van der Waals surface area contributed by atoms with Gasteiger partial charge in [0.05, 0.1) is 12.7 Å². The number of likely N-dealkylation sites (N-methyl/N-ethyl adjacent to an activating group) is 1. The Labute approximate surface area is 108 Å². The molecule has 0 amide bonds. The predicted octanol–water partition coefficient (Wildman–Crippen LogP) is 2.35. The Bertz CT molecular complexity index is 391. The van der Waals surface area contributed by atoms with Gasteiger partial charge in [-0.1, -0.05) is 0 Å². The van der Waals surface area contributed by atoms with Crippen molar-refractivity contribution in [2.45, 2.75) is 31.6 Å². The zero-order valence-electron chi connectivity index (χ0n) is 10.1. The maximum absolute atomic E-state index is 12.5. The largest absolute Gasteiger partial charge is 0.427 e. The van der Waals surface area contributed by atoms with E-state index in [0.29, 0.717) is 17.6 Å². The third-order valence-electron chi connectivity index (χ3n) is 3.11. The molecule has 2 rings (SSSR count). The van der Waals surface area contributed by atoms with Gasteiger partial charge in [0.15, 0.2) is 0 Å². The van der Waals surface area contributed by atoms with Gasteiger partial charge in [0.1, 0.15) is 9.88 Å². The first-order chi connectivity index (χ1) is 8.50. The van der Waals surface area contributed by atoms with E-state index in [1.165, 1.54) is 0 Å². The molecule has 0 spiro atoms. The van der Waals surface area contributed by atoms with Crippen molar-refractivity contribution in [1.82, 2.24) is 15.2 Å². The van der Waals surface area contributed by atoms with Crippen molar-refractivity contribution in [2.24, 2.45) is 0 Å². The third kappa shape index (κ3) is 3.21. The molecule has 0 radical (unpaired) electrons. The number of likely N-dealkylation sites (tertiary alicyclic amines) is 1. The summed E-state index contributed by atoms with van der Waals surface area (Å²) in [5.41, 5.74) is 0. The van der Waals surface area contributed by atoms with Crippen LogP contribution in [0.4, 0.5) is 13.2 Å². The first-order valence-corrected chi connectivity index (χ1v) is 6.73. The summed E-state index contributed by atoms with van der Waals surface area (Å²) in [6.45, 7) is 2.33. The van der Waals surface area contributed by atoms with E-state index in [9.17, 15) is 13.2 Å². The number of alkyl halides is 3. The molecule has 3 nitrogen and oxygen atoms in total. The van der Waals surface area contributed by atoms with Crippen LogP contribution >= 0.6 is 11.3 Å². The summed E-state index contributed by atoms with van der Waals surface area (Å²) < 4.78 is 37.4. The lowest BCUT2D eigenvalue weighted by Gasteiger charge is -2.22. The second-order valence-electron chi connectivity index (χ2n) is 4.44. The van der Waals surface area contributed by atoms with Crippen LogP contribution in [0, 0.1) is 0 Å². The minimum Gasteiger partial charge on any atom is -0.318 e. The normalized spacial score (nSPS) is 21.7. The predicted molar refractivity (Wildman–Crippen MR) is 64.5 cm³/mol. The number of thiazole rings is 1. The van der Waals surface area contributed by atoms with E-state index < -0.39 is 11.1 Å². The molecule has 18 heavy (non-hydrogen) atoms. The second kappa shape index (κ2) is 5.54. The molecule has 7 heteroatoms. The molecule has 2 heterocycles.